The Labute approximate surface area is 127 Å². The lowest BCUT2D eigenvalue weighted by Gasteiger charge is -2.09. The van der Waals surface area contributed by atoms with Gasteiger partial charge in [0.2, 0.25) is 0 Å². The number of carbonyl (C=O) groups excluding carboxylic acids is 1. The SMILES string of the molecule is C[C@@H](CN)NC(=O)c1cnc(-c2ccco2)s1.Cl.Cl. The van der Waals surface area contributed by atoms with E-state index in [4.69, 9.17) is 10.2 Å². The lowest BCUT2D eigenvalue weighted by molar-refractivity contribution is 0.0945. The van der Waals surface area contributed by atoms with Crippen molar-refractivity contribution in [1.82, 2.24) is 10.3 Å². The van der Waals surface area contributed by atoms with E-state index < -0.39 is 0 Å². The van der Waals surface area contributed by atoms with Crippen molar-refractivity contribution in [2.24, 2.45) is 5.73 Å². The molecular formula is C11H15Cl2N3O2S. The van der Waals surface area contributed by atoms with Crippen molar-refractivity contribution >= 4 is 42.1 Å². The van der Waals surface area contributed by atoms with Crippen molar-refractivity contribution < 1.29 is 9.21 Å². The van der Waals surface area contributed by atoms with Crippen LogP contribution in [-0.4, -0.2) is 23.5 Å². The number of rotatable bonds is 4. The van der Waals surface area contributed by atoms with Gasteiger partial charge in [-0.1, -0.05) is 0 Å². The normalized spacial score (nSPS) is 11.1. The van der Waals surface area contributed by atoms with Gasteiger partial charge in [-0.3, -0.25) is 4.79 Å². The van der Waals surface area contributed by atoms with Gasteiger partial charge in [0.05, 0.1) is 12.5 Å². The molecule has 2 aromatic heterocycles. The third kappa shape index (κ3) is 4.50. The molecule has 5 nitrogen and oxygen atoms in total. The molecule has 2 aromatic rings. The van der Waals surface area contributed by atoms with E-state index in [9.17, 15) is 4.79 Å². The zero-order valence-corrected chi connectivity index (χ0v) is 12.6. The summed E-state index contributed by atoms with van der Waals surface area (Å²) in [5.41, 5.74) is 5.44. The van der Waals surface area contributed by atoms with E-state index in [1.54, 1.807) is 18.5 Å². The lowest BCUT2D eigenvalue weighted by atomic mass is 10.3. The van der Waals surface area contributed by atoms with Crippen molar-refractivity contribution in [3.8, 4) is 10.8 Å². The van der Waals surface area contributed by atoms with Gasteiger partial charge in [0, 0.05) is 12.6 Å². The molecule has 0 aromatic carbocycles. The molecule has 0 aliphatic heterocycles. The molecule has 106 valence electrons. The van der Waals surface area contributed by atoms with E-state index in [1.165, 1.54) is 11.3 Å². The fourth-order valence-corrected chi connectivity index (χ4v) is 2.03. The highest BCUT2D eigenvalue weighted by Crippen LogP contribution is 2.25. The second-order valence-corrected chi connectivity index (χ2v) is 4.65. The number of aromatic nitrogens is 1. The maximum Gasteiger partial charge on any atom is 0.263 e. The fourth-order valence-electron chi connectivity index (χ4n) is 1.25. The van der Waals surface area contributed by atoms with Crippen LogP contribution in [0, 0.1) is 0 Å². The van der Waals surface area contributed by atoms with Crippen LogP contribution in [0.2, 0.25) is 0 Å². The Morgan fingerprint density at radius 3 is 2.89 bits per heavy atom. The maximum absolute atomic E-state index is 11.8. The summed E-state index contributed by atoms with van der Waals surface area (Å²) in [5, 5.41) is 3.48. The second-order valence-electron chi connectivity index (χ2n) is 3.62. The molecule has 1 atom stereocenters. The summed E-state index contributed by atoms with van der Waals surface area (Å²) in [7, 11) is 0. The monoisotopic (exact) mass is 323 g/mol. The molecule has 1 amide bonds. The highest BCUT2D eigenvalue weighted by Gasteiger charge is 2.14. The summed E-state index contributed by atoms with van der Waals surface area (Å²) in [4.78, 5) is 16.5. The number of nitrogens with zero attached hydrogens (tertiary/aromatic N) is 1. The standard InChI is InChI=1S/C11H13N3O2S.2ClH/c1-7(5-12)14-10(15)9-6-13-11(17-9)8-3-2-4-16-8;;/h2-4,6-7H,5,12H2,1H3,(H,14,15);2*1H/t7-;;/m0../s1. The molecule has 0 aliphatic rings. The van der Waals surface area contributed by atoms with Crippen molar-refractivity contribution in [3.63, 3.8) is 0 Å². The molecule has 3 N–H and O–H groups in total. The van der Waals surface area contributed by atoms with Gasteiger partial charge < -0.3 is 15.5 Å². The van der Waals surface area contributed by atoms with E-state index in [1.807, 2.05) is 13.0 Å². The molecule has 2 rings (SSSR count). The Bertz CT molecular complexity index is 502. The minimum Gasteiger partial charge on any atom is -0.462 e. The van der Waals surface area contributed by atoms with Crippen LogP contribution < -0.4 is 11.1 Å². The molecule has 0 saturated carbocycles. The van der Waals surface area contributed by atoms with Gasteiger partial charge in [0.15, 0.2) is 10.8 Å². The summed E-state index contributed by atoms with van der Waals surface area (Å²) in [6.45, 7) is 2.27. The first kappa shape index (κ1) is 17.9. The molecule has 0 spiro atoms. The van der Waals surface area contributed by atoms with Gasteiger partial charge in [-0.05, 0) is 19.1 Å². The highest BCUT2D eigenvalue weighted by atomic mass is 35.5. The molecule has 0 aliphatic carbocycles. The molecule has 0 fully saturated rings. The summed E-state index contributed by atoms with van der Waals surface area (Å²) < 4.78 is 5.21. The zero-order chi connectivity index (χ0) is 12.3. The van der Waals surface area contributed by atoms with Crippen molar-refractivity contribution in [2.75, 3.05) is 6.54 Å². The van der Waals surface area contributed by atoms with E-state index in [-0.39, 0.29) is 36.8 Å². The van der Waals surface area contributed by atoms with Crippen molar-refractivity contribution in [3.05, 3.63) is 29.5 Å². The number of thiazole rings is 1. The predicted octanol–water partition coefficient (Wildman–Crippen LogP) is 2.32. The number of amides is 1. The number of nitrogens with two attached hydrogens (primary N) is 1. The molecule has 0 radical (unpaired) electrons. The average molecular weight is 324 g/mol. The smallest absolute Gasteiger partial charge is 0.263 e. The molecular weight excluding hydrogens is 309 g/mol. The van der Waals surface area contributed by atoms with Crippen LogP contribution in [0.25, 0.3) is 10.8 Å². The number of furan rings is 1. The van der Waals surface area contributed by atoms with Gasteiger partial charge in [-0.2, -0.15) is 0 Å². The lowest BCUT2D eigenvalue weighted by Crippen LogP contribution is -2.37. The molecule has 2 heterocycles. The minimum absolute atomic E-state index is 0. The Balaban J connectivity index is 0.00000162. The van der Waals surface area contributed by atoms with E-state index in [0.717, 1.165) is 0 Å². The Morgan fingerprint density at radius 1 is 1.58 bits per heavy atom. The first-order valence-corrected chi connectivity index (χ1v) is 6.03. The average Bonchev–Trinajstić information content (AvgIpc) is 2.98. The largest absolute Gasteiger partial charge is 0.462 e. The molecule has 19 heavy (non-hydrogen) atoms. The van der Waals surface area contributed by atoms with Crippen LogP contribution in [0.4, 0.5) is 0 Å². The Morgan fingerprint density at radius 2 is 2.32 bits per heavy atom. The van der Waals surface area contributed by atoms with Gasteiger partial charge in [0.1, 0.15) is 4.88 Å². The van der Waals surface area contributed by atoms with Gasteiger partial charge in [0.25, 0.3) is 5.91 Å². The van der Waals surface area contributed by atoms with Crippen LogP contribution in [0.5, 0.6) is 0 Å². The quantitative estimate of drug-likeness (QED) is 0.904. The molecule has 0 saturated heterocycles. The van der Waals surface area contributed by atoms with Crippen LogP contribution >= 0.6 is 36.2 Å². The van der Waals surface area contributed by atoms with Crippen LogP contribution in [-0.2, 0) is 0 Å². The summed E-state index contributed by atoms with van der Waals surface area (Å²) >= 11 is 1.29. The van der Waals surface area contributed by atoms with Crippen molar-refractivity contribution in [2.45, 2.75) is 13.0 Å². The van der Waals surface area contributed by atoms with E-state index >= 15 is 0 Å². The first-order valence-electron chi connectivity index (χ1n) is 5.21. The topological polar surface area (TPSA) is 81.1 Å². The van der Waals surface area contributed by atoms with Crippen molar-refractivity contribution in [1.29, 1.82) is 0 Å². The fraction of sp³-hybridized carbons (Fsp3) is 0.273. The maximum atomic E-state index is 11.8. The highest BCUT2D eigenvalue weighted by molar-refractivity contribution is 7.16. The number of hydrogen-bond donors (Lipinski definition) is 2. The number of hydrogen-bond acceptors (Lipinski definition) is 5. The number of carbonyl (C=O) groups is 1. The number of nitrogens with one attached hydrogen (secondary N) is 1. The molecule has 0 bridgehead atoms. The number of halogens is 2. The van der Waals surface area contributed by atoms with Crippen LogP contribution in [0.3, 0.4) is 0 Å². The van der Waals surface area contributed by atoms with E-state index in [0.29, 0.717) is 22.2 Å². The van der Waals surface area contributed by atoms with E-state index in [2.05, 4.69) is 10.3 Å². The van der Waals surface area contributed by atoms with Crippen LogP contribution in [0.15, 0.2) is 29.0 Å². The molecule has 0 unspecified atom stereocenters. The predicted molar refractivity (Wildman–Crippen MR) is 80.3 cm³/mol. The van der Waals surface area contributed by atoms with Crippen LogP contribution in [0.1, 0.15) is 16.6 Å². The third-order valence-electron chi connectivity index (χ3n) is 2.19. The third-order valence-corrected chi connectivity index (χ3v) is 3.20. The minimum atomic E-state index is -0.154. The zero-order valence-electron chi connectivity index (χ0n) is 10.2. The summed E-state index contributed by atoms with van der Waals surface area (Å²) in [6, 6.07) is 3.55. The van der Waals surface area contributed by atoms with Gasteiger partial charge in [-0.15, -0.1) is 36.2 Å². The Hall–Kier alpha value is -1.08. The van der Waals surface area contributed by atoms with Gasteiger partial charge in [-0.25, -0.2) is 4.98 Å². The Kier molecular flexibility index (Phi) is 7.70. The first-order chi connectivity index (χ1) is 8.20. The molecule has 8 heteroatoms. The summed E-state index contributed by atoms with van der Waals surface area (Å²) in [6.07, 6.45) is 3.12. The van der Waals surface area contributed by atoms with Gasteiger partial charge >= 0.3 is 0 Å². The summed E-state index contributed by atoms with van der Waals surface area (Å²) in [5.74, 6) is 0.513. The second kappa shape index (κ2) is 8.16.